The highest BCUT2D eigenvalue weighted by molar-refractivity contribution is 9.10. The number of amides is 1. The number of benzene rings is 3. The second kappa shape index (κ2) is 7.99. The Kier molecular flexibility index (Phi) is 5.51. The van der Waals surface area contributed by atoms with Gasteiger partial charge in [-0.2, -0.15) is 0 Å². The van der Waals surface area contributed by atoms with Gasteiger partial charge in [0.2, 0.25) is 0 Å². The molecule has 4 heteroatoms. The van der Waals surface area contributed by atoms with E-state index in [1.807, 2.05) is 48.5 Å². The number of nitrogens with one attached hydrogen (secondary N) is 1. The third-order valence-electron chi connectivity index (χ3n) is 3.76. The molecule has 25 heavy (non-hydrogen) atoms. The second-order valence-corrected chi connectivity index (χ2v) is 6.56. The van der Waals surface area contributed by atoms with Gasteiger partial charge in [-0.05, 0) is 58.2 Å². The first-order valence-corrected chi connectivity index (χ1v) is 8.75. The van der Waals surface area contributed by atoms with E-state index >= 15 is 0 Å². The molecule has 126 valence electrons. The van der Waals surface area contributed by atoms with Crippen molar-refractivity contribution in [2.45, 2.75) is 6.92 Å². The SMILES string of the molecule is Cc1ccc(-c2ccc(OCC(=O)Nc3ccccc3Br)cc2)cc1. The summed E-state index contributed by atoms with van der Waals surface area (Å²) in [4.78, 5) is 12.0. The number of hydrogen-bond donors (Lipinski definition) is 1. The van der Waals surface area contributed by atoms with Crippen molar-refractivity contribution < 1.29 is 9.53 Å². The molecular weight excluding hydrogens is 378 g/mol. The molecule has 0 aromatic heterocycles. The second-order valence-electron chi connectivity index (χ2n) is 5.71. The van der Waals surface area contributed by atoms with Crippen molar-refractivity contribution in [2.24, 2.45) is 0 Å². The maximum atomic E-state index is 12.0. The third-order valence-corrected chi connectivity index (χ3v) is 4.45. The smallest absolute Gasteiger partial charge is 0.262 e. The van der Waals surface area contributed by atoms with Crippen LogP contribution in [-0.2, 0) is 4.79 Å². The molecule has 1 N–H and O–H groups in total. The summed E-state index contributed by atoms with van der Waals surface area (Å²) < 4.78 is 6.40. The Hall–Kier alpha value is -2.59. The highest BCUT2D eigenvalue weighted by Gasteiger charge is 2.06. The van der Waals surface area contributed by atoms with Crippen molar-refractivity contribution in [3.05, 3.63) is 82.8 Å². The van der Waals surface area contributed by atoms with Gasteiger partial charge in [0.05, 0.1) is 5.69 Å². The summed E-state index contributed by atoms with van der Waals surface area (Å²) in [5.74, 6) is 0.465. The number of aryl methyl sites for hydroxylation is 1. The number of carbonyl (C=O) groups is 1. The monoisotopic (exact) mass is 395 g/mol. The Labute approximate surface area is 155 Å². The standard InChI is InChI=1S/C21H18BrNO2/c1-15-6-8-16(9-7-15)17-10-12-18(13-11-17)25-14-21(24)23-20-5-3-2-4-19(20)22/h2-13H,14H2,1H3,(H,23,24). The molecule has 0 saturated carbocycles. The molecule has 0 saturated heterocycles. The van der Waals surface area contributed by atoms with E-state index in [4.69, 9.17) is 4.74 Å². The summed E-state index contributed by atoms with van der Waals surface area (Å²) >= 11 is 3.40. The predicted molar refractivity (Wildman–Crippen MR) is 105 cm³/mol. The first-order chi connectivity index (χ1) is 12.1. The van der Waals surface area contributed by atoms with Gasteiger partial charge in [0.15, 0.2) is 6.61 Å². The van der Waals surface area contributed by atoms with E-state index in [-0.39, 0.29) is 12.5 Å². The lowest BCUT2D eigenvalue weighted by molar-refractivity contribution is -0.118. The molecule has 3 rings (SSSR count). The van der Waals surface area contributed by atoms with Crippen LogP contribution in [0.5, 0.6) is 5.75 Å². The van der Waals surface area contributed by atoms with Crippen LogP contribution < -0.4 is 10.1 Å². The highest BCUT2D eigenvalue weighted by atomic mass is 79.9. The summed E-state index contributed by atoms with van der Waals surface area (Å²) in [6, 6.07) is 23.6. The third kappa shape index (κ3) is 4.70. The maximum Gasteiger partial charge on any atom is 0.262 e. The van der Waals surface area contributed by atoms with Crippen LogP contribution in [0.3, 0.4) is 0 Å². The minimum Gasteiger partial charge on any atom is -0.484 e. The fourth-order valence-corrected chi connectivity index (χ4v) is 2.77. The van der Waals surface area contributed by atoms with Crippen LogP contribution in [0.2, 0.25) is 0 Å². The Balaban J connectivity index is 1.57. The summed E-state index contributed by atoms with van der Waals surface area (Å²) in [5.41, 5.74) is 4.24. The molecule has 0 radical (unpaired) electrons. The molecule has 0 bridgehead atoms. The lowest BCUT2D eigenvalue weighted by Gasteiger charge is -2.09. The number of carbonyl (C=O) groups excluding carboxylic acids is 1. The van der Waals surface area contributed by atoms with Crippen molar-refractivity contribution in [2.75, 3.05) is 11.9 Å². The number of halogens is 1. The average Bonchev–Trinajstić information content (AvgIpc) is 2.63. The van der Waals surface area contributed by atoms with Crippen LogP contribution in [0.15, 0.2) is 77.3 Å². The van der Waals surface area contributed by atoms with Gasteiger partial charge in [-0.3, -0.25) is 4.79 Å². The van der Waals surface area contributed by atoms with Gasteiger partial charge in [0.1, 0.15) is 5.75 Å². The summed E-state index contributed by atoms with van der Waals surface area (Å²) in [5, 5.41) is 2.81. The zero-order valence-electron chi connectivity index (χ0n) is 13.8. The van der Waals surface area contributed by atoms with Gasteiger partial charge in [0.25, 0.3) is 5.91 Å². The maximum absolute atomic E-state index is 12.0. The van der Waals surface area contributed by atoms with E-state index in [0.717, 1.165) is 21.3 Å². The average molecular weight is 396 g/mol. The van der Waals surface area contributed by atoms with Crippen LogP contribution in [0.1, 0.15) is 5.56 Å². The van der Waals surface area contributed by atoms with Gasteiger partial charge in [0, 0.05) is 4.47 Å². The van der Waals surface area contributed by atoms with Crippen molar-refractivity contribution in [3.8, 4) is 16.9 Å². The highest BCUT2D eigenvalue weighted by Crippen LogP contribution is 2.23. The molecule has 0 aliphatic rings. The first-order valence-electron chi connectivity index (χ1n) is 7.96. The molecule has 0 heterocycles. The Morgan fingerprint density at radius 3 is 2.16 bits per heavy atom. The normalized spacial score (nSPS) is 10.3. The van der Waals surface area contributed by atoms with Crippen LogP contribution >= 0.6 is 15.9 Å². The Morgan fingerprint density at radius 2 is 1.52 bits per heavy atom. The molecule has 3 aromatic rings. The van der Waals surface area contributed by atoms with Gasteiger partial charge in [-0.1, -0.05) is 54.1 Å². The summed E-state index contributed by atoms with van der Waals surface area (Å²) in [6.07, 6.45) is 0. The summed E-state index contributed by atoms with van der Waals surface area (Å²) in [7, 11) is 0. The van der Waals surface area contributed by atoms with Gasteiger partial charge in [-0.25, -0.2) is 0 Å². The number of para-hydroxylation sites is 1. The van der Waals surface area contributed by atoms with Crippen molar-refractivity contribution in [1.82, 2.24) is 0 Å². The number of anilines is 1. The Bertz CT molecular complexity index is 858. The zero-order valence-corrected chi connectivity index (χ0v) is 15.4. The molecule has 0 atom stereocenters. The van der Waals surface area contributed by atoms with E-state index in [1.165, 1.54) is 5.56 Å². The van der Waals surface area contributed by atoms with E-state index < -0.39 is 0 Å². The van der Waals surface area contributed by atoms with Gasteiger partial charge >= 0.3 is 0 Å². The lowest BCUT2D eigenvalue weighted by Crippen LogP contribution is -2.20. The molecular formula is C21H18BrNO2. The molecule has 0 spiro atoms. The van der Waals surface area contributed by atoms with Crippen LogP contribution in [0.25, 0.3) is 11.1 Å². The van der Waals surface area contributed by atoms with Gasteiger partial charge in [-0.15, -0.1) is 0 Å². The lowest BCUT2D eigenvalue weighted by atomic mass is 10.0. The van der Waals surface area contributed by atoms with Crippen LogP contribution in [-0.4, -0.2) is 12.5 Å². The fourth-order valence-electron chi connectivity index (χ4n) is 2.39. The molecule has 3 aromatic carbocycles. The predicted octanol–water partition coefficient (Wildman–Crippen LogP) is 5.44. The van der Waals surface area contributed by atoms with Crippen molar-refractivity contribution >= 4 is 27.5 Å². The van der Waals surface area contributed by atoms with Crippen molar-refractivity contribution in [3.63, 3.8) is 0 Å². The molecule has 0 aliphatic carbocycles. The van der Waals surface area contributed by atoms with Gasteiger partial charge < -0.3 is 10.1 Å². The fraction of sp³-hybridized carbons (Fsp3) is 0.0952. The molecule has 3 nitrogen and oxygen atoms in total. The molecule has 1 amide bonds. The topological polar surface area (TPSA) is 38.3 Å². The molecule has 0 aliphatic heterocycles. The first kappa shape index (κ1) is 17.2. The van der Waals surface area contributed by atoms with E-state index in [9.17, 15) is 4.79 Å². The zero-order chi connectivity index (χ0) is 17.6. The molecule has 0 fully saturated rings. The molecule has 0 unspecified atom stereocenters. The van der Waals surface area contributed by atoms with Crippen LogP contribution in [0, 0.1) is 6.92 Å². The quantitative estimate of drug-likeness (QED) is 0.624. The minimum absolute atomic E-state index is 0.0365. The Morgan fingerprint density at radius 1 is 0.920 bits per heavy atom. The van der Waals surface area contributed by atoms with E-state index in [0.29, 0.717) is 5.75 Å². The van der Waals surface area contributed by atoms with Crippen LogP contribution in [0.4, 0.5) is 5.69 Å². The number of hydrogen-bond acceptors (Lipinski definition) is 2. The number of ether oxygens (including phenoxy) is 1. The summed E-state index contributed by atoms with van der Waals surface area (Å²) in [6.45, 7) is 2.03. The minimum atomic E-state index is -0.200. The van der Waals surface area contributed by atoms with E-state index in [1.54, 1.807) is 0 Å². The largest absolute Gasteiger partial charge is 0.484 e. The van der Waals surface area contributed by atoms with Crippen molar-refractivity contribution in [1.29, 1.82) is 0 Å². The van der Waals surface area contributed by atoms with E-state index in [2.05, 4.69) is 52.4 Å². The number of rotatable bonds is 5.